The Balaban J connectivity index is 2.89. The van der Waals surface area contributed by atoms with Crippen molar-refractivity contribution in [1.29, 1.82) is 0 Å². The van der Waals surface area contributed by atoms with Crippen molar-refractivity contribution in [2.75, 3.05) is 5.75 Å². The van der Waals surface area contributed by atoms with Gasteiger partial charge in [-0.1, -0.05) is 25.1 Å². The number of rotatable bonds is 6. The second-order valence-electron chi connectivity index (χ2n) is 3.62. The fourth-order valence-electron chi connectivity index (χ4n) is 1.26. The van der Waals surface area contributed by atoms with Crippen LogP contribution in [0.25, 0.3) is 0 Å². The predicted octanol–water partition coefficient (Wildman–Crippen LogP) is 2.88. The molecule has 0 amide bonds. The first-order chi connectivity index (χ1) is 8.34. The van der Waals surface area contributed by atoms with Crippen molar-refractivity contribution in [1.82, 2.24) is 9.78 Å². The van der Waals surface area contributed by atoms with Crippen molar-refractivity contribution in [3.63, 3.8) is 0 Å². The number of aryl methyl sites for hydroxylation is 1. The summed E-state index contributed by atoms with van der Waals surface area (Å²) in [6.45, 7) is 2.27. The van der Waals surface area contributed by atoms with E-state index in [1.165, 1.54) is 4.68 Å². The van der Waals surface area contributed by atoms with E-state index in [1.54, 1.807) is 0 Å². The van der Waals surface area contributed by atoms with Gasteiger partial charge in [0, 0.05) is 12.6 Å². The molecule has 102 valence electrons. The molecule has 0 fully saturated rings. The van der Waals surface area contributed by atoms with E-state index >= 15 is 0 Å². The summed E-state index contributed by atoms with van der Waals surface area (Å²) < 4.78 is 38.7. The number of alkyl halides is 3. The van der Waals surface area contributed by atoms with Crippen molar-refractivity contribution in [2.24, 2.45) is 0 Å². The molecule has 0 aliphatic carbocycles. The lowest BCUT2D eigenvalue weighted by molar-refractivity contribution is -0.141. The van der Waals surface area contributed by atoms with Crippen LogP contribution in [0, 0.1) is 0 Å². The standard InChI is InChI=1S/C10H13F3N2O2S/c1-2-3-4-15-8(18-6-9(16)17)5-7(14-15)10(11,12)13/h5H,2-4,6H2,1H3,(H,16,17). The number of unbranched alkanes of at least 4 members (excludes halogenated alkanes) is 1. The monoisotopic (exact) mass is 282 g/mol. The Kier molecular flexibility index (Phi) is 5.06. The molecule has 0 aromatic carbocycles. The number of carbonyl (C=O) groups is 1. The molecular formula is C10H13F3N2O2S. The van der Waals surface area contributed by atoms with Crippen LogP contribution in [-0.2, 0) is 17.5 Å². The lowest BCUT2D eigenvalue weighted by Crippen LogP contribution is -2.08. The molecular weight excluding hydrogens is 269 g/mol. The van der Waals surface area contributed by atoms with Gasteiger partial charge in [-0.3, -0.25) is 9.48 Å². The molecule has 4 nitrogen and oxygen atoms in total. The topological polar surface area (TPSA) is 55.1 Å². The molecule has 0 aliphatic heterocycles. The Bertz CT molecular complexity index is 418. The zero-order valence-electron chi connectivity index (χ0n) is 9.70. The van der Waals surface area contributed by atoms with Gasteiger partial charge in [0.15, 0.2) is 5.69 Å². The molecule has 1 heterocycles. The zero-order chi connectivity index (χ0) is 13.8. The highest BCUT2D eigenvalue weighted by atomic mass is 32.2. The zero-order valence-corrected chi connectivity index (χ0v) is 10.5. The highest BCUT2D eigenvalue weighted by molar-refractivity contribution is 7.99. The number of halogens is 3. The van der Waals surface area contributed by atoms with Gasteiger partial charge in [-0.05, 0) is 6.42 Å². The van der Waals surface area contributed by atoms with Gasteiger partial charge < -0.3 is 5.11 Å². The molecule has 1 N–H and O–H groups in total. The predicted molar refractivity (Wildman–Crippen MR) is 60.5 cm³/mol. The summed E-state index contributed by atoms with van der Waals surface area (Å²) in [5.41, 5.74) is -0.980. The van der Waals surface area contributed by atoms with E-state index in [0.717, 1.165) is 24.2 Å². The first-order valence-electron chi connectivity index (χ1n) is 5.34. The van der Waals surface area contributed by atoms with E-state index in [-0.39, 0.29) is 10.8 Å². The highest BCUT2D eigenvalue weighted by Gasteiger charge is 2.34. The average molecular weight is 282 g/mol. The Morgan fingerprint density at radius 2 is 2.22 bits per heavy atom. The number of hydrogen-bond donors (Lipinski definition) is 1. The van der Waals surface area contributed by atoms with Crippen molar-refractivity contribution >= 4 is 17.7 Å². The lowest BCUT2D eigenvalue weighted by Gasteiger charge is -2.04. The van der Waals surface area contributed by atoms with Gasteiger partial charge in [0.25, 0.3) is 0 Å². The van der Waals surface area contributed by atoms with Crippen LogP contribution in [0.1, 0.15) is 25.5 Å². The van der Waals surface area contributed by atoms with Crippen molar-refractivity contribution in [3.8, 4) is 0 Å². The number of carboxylic acids is 1. The summed E-state index contributed by atoms with van der Waals surface area (Å²) in [4.78, 5) is 10.4. The van der Waals surface area contributed by atoms with Crippen LogP contribution in [0.15, 0.2) is 11.1 Å². The molecule has 0 aliphatic rings. The van der Waals surface area contributed by atoms with Crippen molar-refractivity contribution in [3.05, 3.63) is 11.8 Å². The first kappa shape index (κ1) is 14.9. The summed E-state index contributed by atoms with van der Waals surface area (Å²) >= 11 is 0.843. The molecule has 0 bridgehead atoms. The van der Waals surface area contributed by atoms with Crippen LogP contribution in [0.4, 0.5) is 13.2 Å². The third kappa shape index (κ3) is 4.25. The third-order valence-corrected chi connectivity index (χ3v) is 3.12. The minimum atomic E-state index is -4.50. The van der Waals surface area contributed by atoms with Crippen LogP contribution < -0.4 is 0 Å². The number of carboxylic acid groups (broad SMARTS) is 1. The number of nitrogens with zero attached hydrogens (tertiary/aromatic N) is 2. The molecule has 0 radical (unpaired) electrons. The third-order valence-electron chi connectivity index (χ3n) is 2.10. The fraction of sp³-hybridized carbons (Fsp3) is 0.600. The van der Waals surface area contributed by atoms with Gasteiger partial charge in [0.05, 0.1) is 10.8 Å². The molecule has 18 heavy (non-hydrogen) atoms. The molecule has 1 aromatic heterocycles. The molecule has 0 unspecified atom stereocenters. The van der Waals surface area contributed by atoms with Crippen LogP contribution in [0.3, 0.4) is 0 Å². The number of aromatic nitrogens is 2. The quantitative estimate of drug-likeness (QED) is 0.815. The summed E-state index contributed by atoms with van der Waals surface area (Å²) in [6.07, 6.45) is -2.99. The van der Waals surface area contributed by atoms with Gasteiger partial charge in [-0.25, -0.2) is 0 Å². The normalized spacial score (nSPS) is 11.8. The minimum Gasteiger partial charge on any atom is -0.481 e. The van der Waals surface area contributed by atoms with Crippen molar-refractivity contribution in [2.45, 2.75) is 37.5 Å². The summed E-state index contributed by atoms with van der Waals surface area (Å²) in [7, 11) is 0. The summed E-state index contributed by atoms with van der Waals surface area (Å²) in [6, 6.07) is 0.892. The molecule has 0 atom stereocenters. The summed E-state index contributed by atoms with van der Waals surface area (Å²) in [5.74, 6) is -1.36. The van der Waals surface area contributed by atoms with E-state index < -0.39 is 17.8 Å². The molecule has 1 rings (SSSR count). The minimum absolute atomic E-state index is 0.234. The van der Waals surface area contributed by atoms with Gasteiger partial charge in [-0.15, -0.1) is 0 Å². The van der Waals surface area contributed by atoms with E-state index in [2.05, 4.69) is 5.10 Å². The Labute approximate surface area is 106 Å². The average Bonchev–Trinajstić information content (AvgIpc) is 2.66. The van der Waals surface area contributed by atoms with Crippen LogP contribution in [-0.4, -0.2) is 26.6 Å². The number of thioether (sulfide) groups is 1. The largest absolute Gasteiger partial charge is 0.481 e. The molecule has 8 heteroatoms. The van der Waals surface area contributed by atoms with Crippen LogP contribution in [0.2, 0.25) is 0 Å². The maximum atomic E-state index is 12.5. The van der Waals surface area contributed by atoms with Crippen molar-refractivity contribution < 1.29 is 23.1 Å². The Morgan fingerprint density at radius 3 is 2.72 bits per heavy atom. The van der Waals surface area contributed by atoms with E-state index in [9.17, 15) is 18.0 Å². The van der Waals surface area contributed by atoms with Gasteiger partial charge in [-0.2, -0.15) is 18.3 Å². The smallest absolute Gasteiger partial charge is 0.435 e. The summed E-state index contributed by atoms with van der Waals surface area (Å²) in [5, 5.41) is 12.2. The number of hydrogen-bond acceptors (Lipinski definition) is 3. The first-order valence-corrected chi connectivity index (χ1v) is 6.32. The van der Waals surface area contributed by atoms with Crippen LogP contribution >= 0.6 is 11.8 Å². The molecule has 0 saturated carbocycles. The maximum Gasteiger partial charge on any atom is 0.435 e. The van der Waals surface area contributed by atoms with Crippen LogP contribution in [0.5, 0.6) is 0 Å². The van der Waals surface area contributed by atoms with E-state index in [0.29, 0.717) is 13.0 Å². The molecule has 1 aromatic rings. The van der Waals surface area contributed by atoms with Gasteiger partial charge in [0.1, 0.15) is 0 Å². The fourth-order valence-corrected chi connectivity index (χ4v) is 2.01. The van der Waals surface area contributed by atoms with E-state index in [1.807, 2.05) is 6.92 Å². The lowest BCUT2D eigenvalue weighted by atomic mass is 10.3. The maximum absolute atomic E-state index is 12.5. The van der Waals surface area contributed by atoms with E-state index in [4.69, 9.17) is 5.11 Å². The van der Waals surface area contributed by atoms with Gasteiger partial charge in [0.2, 0.25) is 0 Å². The number of aliphatic carboxylic acids is 1. The molecule has 0 saturated heterocycles. The van der Waals surface area contributed by atoms with Gasteiger partial charge >= 0.3 is 12.1 Å². The SMILES string of the molecule is CCCCn1nc(C(F)(F)F)cc1SCC(=O)O. The highest BCUT2D eigenvalue weighted by Crippen LogP contribution is 2.31. The molecule has 0 spiro atoms. The second-order valence-corrected chi connectivity index (χ2v) is 4.62. The Morgan fingerprint density at radius 1 is 1.56 bits per heavy atom. The Hall–Kier alpha value is -1.18. The second kappa shape index (κ2) is 6.12.